The minimum atomic E-state index is 0.224. The van der Waals surface area contributed by atoms with Crippen LogP contribution < -0.4 is 10.6 Å². The maximum Gasteiger partial charge on any atom is 0.191 e. The predicted octanol–water partition coefficient (Wildman–Crippen LogP) is 2.60. The summed E-state index contributed by atoms with van der Waals surface area (Å²) in [4.78, 5) is 8.70. The van der Waals surface area contributed by atoms with E-state index in [1.54, 1.807) is 0 Å². The Labute approximate surface area is 144 Å². The van der Waals surface area contributed by atoms with Crippen molar-refractivity contribution in [1.29, 1.82) is 0 Å². The Balaban J connectivity index is 1.62. The average molecular weight is 325 g/mol. The van der Waals surface area contributed by atoms with Crippen LogP contribution >= 0.6 is 0 Å². The molecule has 2 aromatic rings. The number of hydrogen-bond donors (Lipinski definition) is 2. The van der Waals surface area contributed by atoms with Gasteiger partial charge >= 0.3 is 0 Å². The van der Waals surface area contributed by atoms with Crippen molar-refractivity contribution in [3.05, 3.63) is 54.1 Å². The molecule has 1 aliphatic carbocycles. The van der Waals surface area contributed by atoms with Crippen LogP contribution in [-0.4, -0.2) is 29.1 Å². The van der Waals surface area contributed by atoms with Gasteiger partial charge in [0, 0.05) is 38.4 Å². The van der Waals surface area contributed by atoms with Crippen LogP contribution in [0.4, 0.5) is 0 Å². The maximum atomic E-state index is 4.36. The first kappa shape index (κ1) is 16.6. The van der Waals surface area contributed by atoms with Crippen LogP contribution in [0.2, 0.25) is 0 Å². The number of aromatic nitrogens is 2. The Bertz CT molecular complexity index is 668. The topological polar surface area (TPSA) is 54.2 Å². The van der Waals surface area contributed by atoms with Crippen molar-refractivity contribution in [1.82, 2.24) is 20.2 Å². The van der Waals surface area contributed by atoms with Crippen molar-refractivity contribution in [2.24, 2.45) is 12.0 Å². The number of nitrogens with zero attached hydrogens (tertiary/aromatic N) is 3. The van der Waals surface area contributed by atoms with Crippen molar-refractivity contribution in [2.75, 3.05) is 13.6 Å². The van der Waals surface area contributed by atoms with E-state index < -0.39 is 0 Å². The van der Waals surface area contributed by atoms with Crippen LogP contribution in [0.5, 0.6) is 0 Å². The molecule has 1 saturated carbocycles. The number of rotatable bonds is 5. The zero-order valence-electron chi connectivity index (χ0n) is 14.6. The summed E-state index contributed by atoms with van der Waals surface area (Å²) in [5.41, 5.74) is 1.66. The lowest BCUT2D eigenvalue weighted by Gasteiger charge is -2.30. The second-order valence-electron chi connectivity index (χ2n) is 6.59. The molecule has 1 fully saturated rings. The molecule has 1 aliphatic rings. The minimum absolute atomic E-state index is 0.224. The highest BCUT2D eigenvalue weighted by atomic mass is 15.2. The molecule has 0 aliphatic heterocycles. The molecule has 0 saturated heterocycles. The molecule has 5 nitrogen and oxygen atoms in total. The van der Waals surface area contributed by atoms with Crippen molar-refractivity contribution in [2.45, 2.75) is 37.6 Å². The third-order valence-electron chi connectivity index (χ3n) is 5.10. The molecule has 128 valence electrons. The van der Waals surface area contributed by atoms with E-state index in [1.165, 1.54) is 31.2 Å². The lowest BCUT2D eigenvalue weighted by Crippen LogP contribution is -2.44. The fraction of sp³-hybridized carbons (Fsp3) is 0.474. The molecule has 1 aromatic carbocycles. The Morgan fingerprint density at radius 1 is 1.21 bits per heavy atom. The predicted molar refractivity (Wildman–Crippen MR) is 98.0 cm³/mol. The van der Waals surface area contributed by atoms with E-state index in [0.29, 0.717) is 6.54 Å². The first-order valence-electron chi connectivity index (χ1n) is 8.70. The van der Waals surface area contributed by atoms with Crippen LogP contribution in [0.15, 0.2) is 47.7 Å². The van der Waals surface area contributed by atoms with Gasteiger partial charge in [0.25, 0.3) is 0 Å². The number of aryl methyl sites for hydroxylation is 1. The number of hydrogen-bond acceptors (Lipinski definition) is 2. The lowest BCUT2D eigenvalue weighted by molar-refractivity contribution is 0.431. The van der Waals surface area contributed by atoms with Gasteiger partial charge in [-0.1, -0.05) is 43.2 Å². The second-order valence-corrected chi connectivity index (χ2v) is 6.59. The largest absolute Gasteiger partial charge is 0.356 e. The van der Waals surface area contributed by atoms with E-state index in [4.69, 9.17) is 0 Å². The quantitative estimate of drug-likeness (QED) is 0.656. The second kappa shape index (κ2) is 7.51. The number of benzene rings is 1. The van der Waals surface area contributed by atoms with Crippen molar-refractivity contribution in [3.8, 4) is 0 Å². The average Bonchev–Trinajstić information content (AvgIpc) is 3.26. The molecular weight excluding hydrogens is 298 g/mol. The fourth-order valence-electron chi connectivity index (χ4n) is 3.61. The van der Waals surface area contributed by atoms with Gasteiger partial charge in [-0.15, -0.1) is 0 Å². The molecule has 1 heterocycles. The van der Waals surface area contributed by atoms with Crippen LogP contribution in [0.3, 0.4) is 0 Å². The van der Waals surface area contributed by atoms with Crippen LogP contribution in [0, 0.1) is 0 Å². The highest BCUT2D eigenvalue weighted by Crippen LogP contribution is 2.40. The van der Waals surface area contributed by atoms with Crippen molar-refractivity contribution >= 4 is 5.96 Å². The van der Waals surface area contributed by atoms with E-state index >= 15 is 0 Å². The number of aliphatic imine (C=N–C) groups is 1. The van der Waals surface area contributed by atoms with Gasteiger partial charge in [-0.25, -0.2) is 4.98 Å². The summed E-state index contributed by atoms with van der Waals surface area (Å²) < 4.78 is 2.02. The van der Waals surface area contributed by atoms with Gasteiger partial charge in [-0.3, -0.25) is 4.99 Å². The van der Waals surface area contributed by atoms with E-state index in [9.17, 15) is 0 Å². The molecule has 2 N–H and O–H groups in total. The summed E-state index contributed by atoms with van der Waals surface area (Å²) in [5, 5.41) is 6.90. The molecule has 0 amide bonds. The smallest absolute Gasteiger partial charge is 0.191 e. The van der Waals surface area contributed by atoms with E-state index in [2.05, 4.69) is 50.9 Å². The minimum Gasteiger partial charge on any atom is -0.356 e. The van der Waals surface area contributed by atoms with Crippen LogP contribution in [-0.2, 0) is 19.0 Å². The molecule has 0 radical (unpaired) electrons. The highest BCUT2D eigenvalue weighted by molar-refractivity contribution is 5.79. The van der Waals surface area contributed by atoms with E-state index in [0.717, 1.165) is 18.3 Å². The first-order chi connectivity index (χ1) is 11.7. The Morgan fingerprint density at radius 3 is 2.58 bits per heavy atom. The monoisotopic (exact) mass is 325 g/mol. The van der Waals surface area contributed by atoms with Gasteiger partial charge in [0.2, 0.25) is 0 Å². The summed E-state index contributed by atoms with van der Waals surface area (Å²) in [7, 11) is 3.82. The number of guanidine groups is 1. The lowest BCUT2D eigenvalue weighted by atomic mass is 9.79. The number of nitrogens with one attached hydrogen (secondary N) is 2. The van der Waals surface area contributed by atoms with Crippen LogP contribution in [0.25, 0.3) is 0 Å². The molecular formula is C19H27N5. The summed E-state index contributed by atoms with van der Waals surface area (Å²) in [6.07, 6.45) is 8.85. The third-order valence-corrected chi connectivity index (χ3v) is 5.10. The van der Waals surface area contributed by atoms with Gasteiger partial charge in [0.1, 0.15) is 5.82 Å². The van der Waals surface area contributed by atoms with Gasteiger partial charge in [-0.05, 0) is 18.4 Å². The summed E-state index contributed by atoms with van der Waals surface area (Å²) in [6.45, 7) is 1.58. The van der Waals surface area contributed by atoms with Crippen LogP contribution in [0.1, 0.15) is 37.1 Å². The van der Waals surface area contributed by atoms with Gasteiger partial charge in [0.05, 0.1) is 6.54 Å². The molecule has 5 heteroatoms. The molecule has 3 rings (SSSR count). The van der Waals surface area contributed by atoms with E-state index in [1.807, 2.05) is 31.1 Å². The van der Waals surface area contributed by atoms with Gasteiger partial charge < -0.3 is 15.2 Å². The Hall–Kier alpha value is -2.30. The zero-order chi connectivity index (χ0) is 16.8. The molecule has 0 spiro atoms. The maximum absolute atomic E-state index is 4.36. The molecule has 0 unspecified atom stereocenters. The summed E-state index contributed by atoms with van der Waals surface area (Å²) >= 11 is 0. The summed E-state index contributed by atoms with van der Waals surface area (Å²) in [6, 6.07) is 10.9. The fourth-order valence-corrected chi connectivity index (χ4v) is 3.61. The molecule has 24 heavy (non-hydrogen) atoms. The van der Waals surface area contributed by atoms with Gasteiger partial charge in [0.15, 0.2) is 5.96 Å². The molecule has 0 bridgehead atoms. The standard InChI is InChI=1S/C19H27N5/c1-20-18(22-14-17-21-12-13-24(17)2)23-15-19(10-6-7-11-19)16-8-4-3-5-9-16/h3-5,8-9,12-13H,6-7,10-11,14-15H2,1-2H3,(H2,20,22,23). The highest BCUT2D eigenvalue weighted by Gasteiger charge is 2.35. The van der Waals surface area contributed by atoms with Gasteiger partial charge in [-0.2, -0.15) is 0 Å². The first-order valence-corrected chi connectivity index (χ1v) is 8.70. The zero-order valence-corrected chi connectivity index (χ0v) is 14.6. The van der Waals surface area contributed by atoms with E-state index in [-0.39, 0.29) is 5.41 Å². The van der Waals surface area contributed by atoms with Crippen molar-refractivity contribution in [3.63, 3.8) is 0 Å². The number of imidazole rings is 1. The Kier molecular flexibility index (Phi) is 5.18. The molecule has 0 atom stereocenters. The van der Waals surface area contributed by atoms with Crippen molar-refractivity contribution < 1.29 is 0 Å². The Morgan fingerprint density at radius 2 is 1.96 bits per heavy atom. The third kappa shape index (κ3) is 3.61. The normalized spacial score (nSPS) is 17.0. The SMILES string of the molecule is CN=C(NCc1nccn1C)NCC1(c2ccccc2)CCCC1. The molecule has 1 aromatic heterocycles. The summed E-state index contributed by atoms with van der Waals surface area (Å²) in [5.74, 6) is 1.83.